The fraction of sp³-hybridized carbons (Fsp3) is 0.143. The second-order valence-electron chi connectivity index (χ2n) is 6.32. The summed E-state index contributed by atoms with van der Waals surface area (Å²) in [5.41, 5.74) is -0.942. The van der Waals surface area contributed by atoms with Crippen LogP contribution in [0, 0.1) is 18.3 Å². The Balaban J connectivity index is 2.32. The number of hydrogen-bond acceptors (Lipinski definition) is 2. The number of benzene rings is 2. The zero-order valence-corrected chi connectivity index (χ0v) is 16.3. The molecule has 0 amide bonds. The lowest BCUT2D eigenvalue weighted by molar-refractivity contribution is -0.137. The first-order valence-corrected chi connectivity index (χ1v) is 9.06. The fourth-order valence-corrected chi connectivity index (χ4v) is 3.44. The molecule has 0 fully saturated rings. The normalized spacial score (nSPS) is 11.3. The molecule has 0 bridgehead atoms. The van der Waals surface area contributed by atoms with Crippen LogP contribution >= 0.6 is 15.9 Å². The first kappa shape index (κ1) is 19.9. The first-order chi connectivity index (χ1) is 13.2. The summed E-state index contributed by atoms with van der Waals surface area (Å²) in [6, 6.07) is 16.3. The molecule has 0 N–H and O–H groups in total. The van der Waals surface area contributed by atoms with Crippen molar-refractivity contribution in [2.24, 2.45) is 0 Å². The number of nitriles is 1. The molecule has 0 atom stereocenters. The molecule has 0 aliphatic rings. The molecule has 3 nitrogen and oxygen atoms in total. The molecule has 1 aromatic heterocycles. The van der Waals surface area contributed by atoms with Gasteiger partial charge in [-0.3, -0.25) is 4.79 Å². The lowest BCUT2D eigenvalue weighted by Gasteiger charge is -2.18. The van der Waals surface area contributed by atoms with Crippen LogP contribution in [-0.2, 0) is 12.7 Å². The van der Waals surface area contributed by atoms with Crippen molar-refractivity contribution < 1.29 is 13.2 Å². The average molecular weight is 447 g/mol. The van der Waals surface area contributed by atoms with Crippen molar-refractivity contribution >= 4 is 15.9 Å². The first-order valence-electron chi connectivity index (χ1n) is 8.27. The minimum atomic E-state index is -4.81. The highest BCUT2D eigenvalue weighted by atomic mass is 79.9. The molecule has 142 valence electrons. The Morgan fingerprint density at radius 1 is 1.11 bits per heavy atom. The largest absolute Gasteiger partial charge is 0.417 e. The summed E-state index contributed by atoms with van der Waals surface area (Å²) in [5, 5.41) is 9.23. The predicted octanol–water partition coefficient (Wildman–Crippen LogP) is 5.53. The molecule has 0 unspecified atom stereocenters. The van der Waals surface area contributed by atoms with Crippen molar-refractivity contribution in [1.82, 2.24) is 4.57 Å². The maximum Gasteiger partial charge on any atom is 0.417 e. The highest BCUT2D eigenvalue weighted by Gasteiger charge is 2.36. The molecule has 0 saturated heterocycles. The van der Waals surface area contributed by atoms with Gasteiger partial charge >= 0.3 is 6.18 Å². The quantitative estimate of drug-likeness (QED) is 0.531. The maximum absolute atomic E-state index is 13.5. The Morgan fingerprint density at radius 2 is 1.82 bits per heavy atom. The van der Waals surface area contributed by atoms with Crippen LogP contribution in [0.2, 0.25) is 0 Å². The van der Waals surface area contributed by atoms with E-state index in [1.807, 2.05) is 13.0 Å². The molecule has 1 heterocycles. The van der Waals surface area contributed by atoms with Crippen molar-refractivity contribution in [3.05, 3.63) is 91.7 Å². The zero-order chi connectivity index (χ0) is 20.5. The zero-order valence-electron chi connectivity index (χ0n) is 14.7. The van der Waals surface area contributed by atoms with Gasteiger partial charge in [-0.05, 0) is 42.3 Å². The number of aryl methyl sites for hydroxylation is 1. The van der Waals surface area contributed by atoms with Crippen LogP contribution < -0.4 is 5.56 Å². The second kappa shape index (κ2) is 7.64. The fourth-order valence-electron chi connectivity index (χ4n) is 3.00. The van der Waals surface area contributed by atoms with Crippen LogP contribution in [-0.4, -0.2) is 4.57 Å². The van der Waals surface area contributed by atoms with Crippen LogP contribution in [0.25, 0.3) is 11.3 Å². The number of alkyl halides is 3. The van der Waals surface area contributed by atoms with Gasteiger partial charge in [0.25, 0.3) is 5.56 Å². The van der Waals surface area contributed by atoms with Crippen molar-refractivity contribution in [2.75, 3.05) is 0 Å². The molecule has 0 radical (unpaired) electrons. The SMILES string of the molecule is Cc1cccc(-c2cc(C(F)(F)F)c(C#N)c(=O)n2Cc2cccc(Br)c2)c1. The van der Waals surface area contributed by atoms with Crippen LogP contribution in [0.4, 0.5) is 13.2 Å². The molecular formula is C21H14BrF3N2O. The van der Waals surface area contributed by atoms with E-state index in [0.29, 0.717) is 11.1 Å². The van der Waals surface area contributed by atoms with Crippen LogP contribution in [0.15, 0.2) is 63.9 Å². The summed E-state index contributed by atoms with van der Waals surface area (Å²) >= 11 is 3.34. The van der Waals surface area contributed by atoms with E-state index in [1.165, 1.54) is 10.6 Å². The third-order valence-electron chi connectivity index (χ3n) is 4.26. The van der Waals surface area contributed by atoms with E-state index < -0.39 is 22.9 Å². The van der Waals surface area contributed by atoms with Gasteiger partial charge in [-0.15, -0.1) is 0 Å². The third kappa shape index (κ3) is 4.02. The number of halogens is 4. The highest BCUT2D eigenvalue weighted by Crippen LogP contribution is 2.34. The Morgan fingerprint density at radius 3 is 2.43 bits per heavy atom. The van der Waals surface area contributed by atoms with Crippen LogP contribution in [0.1, 0.15) is 22.3 Å². The lowest BCUT2D eigenvalue weighted by atomic mass is 10.0. The van der Waals surface area contributed by atoms with E-state index in [1.54, 1.807) is 42.5 Å². The van der Waals surface area contributed by atoms with Gasteiger partial charge in [0.05, 0.1) is 17.8 Å². The molecule has 3 rings (SSSR count). The molecule has 0 aliphatic carbocycles. The topological polar surface area (TPSA) is 45.8 Å². The highest BCUT2D eigenvalue weighted by molar-refractivity contribution is 9.10. The second-order valence-corrected chi connectivity index (χ2v) is 7.23. The molecule has 28 heavy (non-hydrogen) atoms. The van der Waals surface area contributed by atoms with E-state index in [9.17, 15) is 23.2 Å². The van der Waals surface area contributed by atoms with E-state index in [0.717, 1.165) is 16.1 Å². The van der Waals surface area contributed by atoms with E-state index in [-0.39, 0.29) is 12.2 Å². The minimum absolute atomic E-state index is 0.0361. The van der Waals surface area contributed by atoms with E-state index in [4.69, 9.17) is 0 Å². The van der Waals surface area contributed by atoms with Crippen molar-refractivity contribution in [3.8, 4) is 17.3 Å². The summed E-state index contributed by atoms with van der Waals surface area (Å²) in [7, 11) is 0. The summed E-state index contributed by atoms with van der Waals surface area (Å²) in [5.74, 6) is 0. The standard InChI is InChI=1S/C21H14BrF3N2O/c1-13-4-2-6-15(8-13)19-10-18(21(23,24)25)17(11-26)20(28)27(19)12-14-5-3-7-16(22)9-14/h2-10H,12H2,1H3. The van der Waals surface area contributed by atoms with Gasteiger partial charge in [-0.2, -0.15) is 18.4 Å². The number of hydrogen-bond donors (Lipinski definition) is 0. The van der Waals surface area contributed by atoms with Gasteiger partial charge in [0.1, 0.15) is 11.6 Å². The molecule has 0 aliphatic heterocycles. The van der Waals surface area contributed by atoms with Gasteiger partial charge in [-0.25, -0.2) is 0 Å². The molecule has 2 aromatic carbocycles. The summed E-state index contributed by atoms with van der Waals surface area (Å²) in [4.78, 5) is 12.9. The number of nitrogens with zero attached hydrogens (tertiary/aromatic N) is 2. The van der Waals surface area contributed by atoms with Gasteiger partial charge in [0.2, 0.25) is 0 Å². The molecule has 3 aromatic rings. The van der Waals surface area contributed by atoms with Gasteiger partial charge < -0.3 is 4.57 Å². The number of aromatic nitrogens is 1. The number of pyridine rings is 1. The van der Waals surface area contributed by atoms with Crippen LogP contribution in [0.5, 0.6) is 0 Å². The van der Waals surface area contributed by atoms with E-state index in [2.05, 4.69) is 15.9 Å². The van der Waals surface area contributed by atoms with E-state index >= 15 is 0 Å². The Bertz CT molecular complexity index is 1140. The van der Waals surface area contributed by atoms with Gasteiger partial charge in [0, 0.05) is 4.47 Å². The monoisotopic (exact) mass is 446 g/mol. The predicted molar refractivity (Wildman–Crippen MR) is 104 cm³/mol. The molecule has 7 heteroatoms. The smallest absolute Gasteiger partial charge is 0.303 e. The number of rotatable bonds is 3. The lowest BCUT2D eigenvalue weighted by Crippen LogP contribution is -2.28. The molecule has 0 saturated carbocycles. The Hall–Kier alpha value is -2.85. The summed E-state index contributed by atoms with van der Waals surface area (Å²) < 4.78 is 42.5. The Labute approximate surface area is 167 Å². The van der Waals surface area contributed by atoms with Crippen molar-refractivity contribution in [2.45, 2.75) is 19.6 Å². The molecular weight excluding hydrogens is 433 g/mol. The summed E-state index contributed by atoms with van der Waals surface area (Å²) in [6.45, 7) is 1.85. The van der Waals surface area contributed by atoms with Gasteiger partial charge in [-0.1, -0.05) is 51.8 Å². The van der Waals surface area contributed by atoms with Crippen molar-refractivity contribution in [1.29, 1.82) is 5.26 Å². The maximum atomic E-state index is 13.5. The molecule has 0 spiro atoms. The van der Waals surface area contributed by atoms with Crippen LogP contribution in [0.3, 0.4) is 0 Å². The third-order valence-corrected chi connectivity index (χ3v) is 4.75. The average Bonchev–Trinajstić information content (AvgIpc) is 2.62. The van der Waals surface area contributed by atoms with Gasteiger partial charge in [0.15, 0.2) is 0 Å². The summed E-state index contributed by atoms with van der Waals surface area (Å²) in [6.07, 6.45) is -4.81. The van der Waals surface area contributed by atoms with Crippen molar-refractivity contribution in [3.63, 3.8) is 0 Å². The Kier molecular flexibility index (Phi) is 5.43. The minimum Gasteiger partial charge on any atom is -0.303 e.